The smallest absolute Gasteiger partial charge is 0.152 e. The van der Waals surface area contributed by atoms with E-state index in [1.54, 1.807) is 0 Å². The molecule has 4 nitrogen and oxygen atoms in total. The zero-order chi connectivity index (χ0) is 37.9. The maximum Gasteiger partial charge on any atom is 0.152 e. The molecule has 11 aromatic rings. The van der Waals surface area contributed by atoms with Gasteiger partial charge in [-0.25, -0.2) is 4.99 Å². The van der Waals surface area contributed by atoms with Crippen LogP contribution in [0.1, 0.15) is 16.7 Å². The van der Waals surface area contributed by atoms with Crippen molar-refractivity contribution in [2.24, 2.45) is 4.99 Å². The van der Waals surface area contributed by atoms with E-state index < -0.39 is 0 Å². The number of amidine groups is 1. The van der Waals surface area contributed by atoms with E-state index in [0.29, 0.717) is 6.42 Å². The minimum atomic E-state index is 0.258. The van der Waals surface area contributed by atoms with E-state index >= 15 is 0 Å². The van der Waals surface area contributed by atoms with E-state index in [9.17, 15) is 0 Å². The molecule has 0 saturated heterocycles. The van der Waals surface area contributed by atoms with Gasteiger partial charge in [-0.3, -0.25) is 5.41 Å². The number of para-hydroxylation sites is 2. The van der Waals surface area contributed by atoms with Crippen LogP contribution in [-0.2, 0) is 6.42 Å². The molecule has 0 radical (unpaired) electrons. The molecule has 57 heavy (non-hydrogen) atoms. The highest BCUT2D eigenvalue weighted by Crippen LogP contribution is 2.45. The van der Waals surface area contributed by atoms with E-state index in [2.05, 4.69) is 173 Å². The maximum atomic E-state index is 8.93. The molecule has 0 spiro atoms. The number of aliphatic imine (C=N–C) groups is 1. The van der Waals surface area contributed by atoms with Crippen LogP contribution in [-0.4, -0.2) is 20.7 Å². The van der Waals surface area contributed by atoms with Crippen molar-refractivity contribution in [1.29, 1.82) is 5.41 Å². The van der Waals surface area contributed by atoms with Gasteiger partial charge in [-0.1, -0.05) is 152 Å². The predicted octanol–water partition coefficient (Wildman–Crippen LogP) is 13.2. The monoisotopic (exact) mass is 728 g/mol. The molecule has 0 saturated carbocycles. The molecule has 4 heteroatoms. The Hall–Kier alpha value is -7.56. The lowest BCUT2D eigenvalue weighted by atomic mass is 9.98. The predicted molar refractivity (Wildman–Crippen MR) is 240 cm³/mol. The van der Waals surface area contributed by atoms with Crippen LogP contribution in [0.5, 0.6) is 0 Å². The largest absolute Gasteiger partial charge is 0.309 e. The summed E-state index contributed by atoms with van der Waals surface area (Å²) in [4.78, 5) is 4.97. The van der Waals surface area contributed by atoms with Crippen LogP contribution in [0, 0.1) is 5.41 Å². The second-order valence-electron chi connectivity index (χ2n) is 14.7. The van der Waals surface area contributed by atoms with E-state index in [1.165, 1.54) is 54.4 Å². The number of aromatic nitrogens is 2. The zero-order valence-corrected chi connectivity index (χ0v) is 31.1. The number of hydrogen-bond acceptors (Lipinski definition) is 1. The van der Waals surface area contributed by atoms with Gasteiger partial charge in [-0.15, -0.1) is 0 Å². The first-order chi connectivity index (χ1) is 28.2. The van der Waals surface area contributed by atoms with Gasteiger partial charge in [0.25, 0.3) is 0 Å². The molecular weight excluding hydrogens is 693 g/mol. The maximum absolute atomic E-state index is 8.93. The number of benzene rings is 9. The van der Waals surface area contributed by atoms with Crippen LogP contribution in [0.25, 0.3) is 76.5 Å². The lowest BCUT2D eigenvalue weighted by molar-refractivity contribution is 1.18. The minimum Gasteiger partial charge on any atom is -0.309 e. The second-order valence-corrected chi connectivity index (χ2v) is 14.7. The minimum absolute atomic E-state index is 0.258. The average molecular weight is 729 g/mol. The quantitative estimate of drug-likeness (QED) is 0.131. The molecule has 0 aliphatic heterocycles. The molecule has 0 atom stereocenters. The standard InChI is InChI=1S/C53H36N4/c54-53(37-18-6-2-7-19-37)55-44(33-35-15-4-1-5-16-35)39-27-29-41-38(34-39)20-14-26-45(41)57-46-25-13-12-24-43(46)51-48(57)31-32-49-52(51)50-42-23-11-10-17-36(42)28-30-47(50)56(49)40-21-8-3-9-22-40/h1-32,34,54H,33H2. The van der Waals surface area contributed by atoms with Gasteiger partial charge in [0.15, 0.2) is 5.84 Å². The molecule has 1 N–H and O–H groups in total. The number of nitrogens with one attached hydrogen (secondary N) is 1. The van der Waals surface area contributed by atoms with Gasteiger partial charge in [-0.05, 0) is 75.8 Å². The topological polar surface area (TPSA) is 46.1 Å². The first-order valence-electron chi connectivity index (χ1n) is 19.4. The Balaban J connectivity index is 1.15. The third kappa shape index (κ3) is 5.37. The summed E-state index contributed by atoms with van der Waals surface area (Å²) in [5.41, 5.74) is 10.8. The lowest BCUT2D eigenvalue weighted by Gasteiger charge is -2.14. The second kappa shape index (κ2) is 13.3. The Kier molecular flexibility index (Phi) is 7.68. The molecule has 11 rings (SSSR count). The highest BCUT2D eigenvalue weighted by atomic mass is 15.0. The van der Waals surface area contributed by atoms with Crippen molar-refractivity contribution < 1.29 is 0 Å². The van der Waals surface area contributed by atoms with E-state index in [0.717, 1.165) is 44.5 Å². The fraction of sp³-hybridized carbons (Fsp3) is 0.0189. The van der Waals surface area contributed by atoms with Gasteiger partial charge in [0, 0.05) is 44.6 Å². The fourth-order valence-corrected chi connectivity index (χ4v) is 8.87. The molecule has 0 fully saturated rings. The van der Waals surface area contributed by atoms with Gasteiger partial charge in [0.1, 0.15) is 0 Å². The fourth-order valence-electron chi connectivity index (χ4n) is 8.87. The number of nitrogens with zero attached hydrogens (tertiary/aromatic N) is 3. The number of rotatable bonds is 6. The number of hydrogen-bond donors (Lipinski definition) is 1. The molecule has 0 aliphatic carbocycles. The molecule has 2 aromatic heterocycles. The summed E-state index contributed by atoms with van der Waals surface area (Å²) < 4.78 is 4.88. The summed E-state index contributed by atoms with van der Waals surface area (Å²) in [6.07, 6.45) is 0.620. The third-order valence-corrected chi connectivity index (χ3v) is 11.4. The molecule has 9 aromatic carbocycles. The van der Waals surface area contributed by atoms with Gasteiger partial charge in [0.2, 0.25) is 0 Å². The van der Waals surface area contributed by atoms with Crippen LogP contribution in [0.4, 0.5) is 0 Å². The Labute approximate surface area is 329 Å². The molecule has 268 valence electrons. The van der Waals surface area contributed by atoms with E-state index in [4.69, 9.17) is 10.4 Å². The summed E-state index contributed by atoms with van der Waals surface area (Å²) in [7, 11) is 0. The first-order valence-corrected chi connectivity index (χ1v) is 19.4. The Morgan fingerprint density at radius 2 is 1.04 bits per heavy atom. The van der Waals surface area contributed by atoms with Gasteiger partial charge < -0.3 is 9.13 Å². The average Bonchev–Trinajstić information content (AvgIpc) is 3.80. The molecule has 0 aliphatic rings. The number of fused-ring (bicyclic) bond motifs is 10. The van der Waals surface area contributed by atoms with Gasteiger partial charge in [-0.2, -0.15) is 0 Å². The van der Waals surface area contributed by atoms with Crippen LogP contribution in [0.15, 0.2) is 205 Å². The SMILES string of the molecule is N=C(N=C(Cc1ccccc1)c1ccc2c(-n3c4ccccc4c4c5c6c7ccccc7ccc6n(-c6ccccc6)c5ccc43)cccc2c1)c1ccccc1. The van der Waals surface area contributed by atoms with Gasteiger partial charge >= 0.3 is 0 Å². The Morgan fingerprint density at radius 1 is 0.421 bits per heavy atom. The normalized spacial score (nSPS) is 12.1. The summed E-state index contributed by atoms with van der Waals surface area (Å²) in [6.45, 7) is 0. The van der Waals surface area contributed by atoms with Crippen molar-refractivity contribution >= 4 is 76.7 Å². The van der Waals surface area contributed by atoms with Crippen molar-refractivity contribution in [2.45, 2.75) is 6.42 Å². The van der Waals surface area contributed by atoms with Crippen molar-refractivity contribution in [3.05, 3.63) is 217 Å². The summed E-state index contributed by atoms with van der Waals surface area (Å²) in [6, 6.07) is 70.9. The Bertz CT molecular complexity index is 3370. The molecule has 0 unspecified atom stereocenters. The molecule has 0 amide bonds. The molecule has 2 heterocycles. The van der Waals surface area contributed by atoms with Crippen LogP contribution < -0.4 is 0 Å². The van der Waals surface area contributed by atoms with Crippen LogP contribution in [0.2, 0.25) is 0 Å². The Morgan fingerprint density at radius 3 is 1.84 bits per heavy atom. The zero-order valence-electron chi connectivity index (χ0n) is 31.1. The van der Waals surface area contributed by atoms with Crippen molar-refractivity contribution in [2.75, 3.05) is 0 Å². The third-order valence-electron chi connectivity index (χ3n) is 11.4. The van der Waals surface area contributed by atoms with E-state index in [-0.39, 0.29) is 5.84 Å². The van der Waals surface area contributed by atoms with Crippen molar-refractivity contribution in [1.82, 2.24) is 9.13 Å². The van der Waals surface area contributed by atoms with Crippen LogP contribution >= 0.6 is 0 Å². The van der Waals surface area contributed by atoms with E-state index in [1.807, 2.05) is 36.4 Å². The van der Waals surface area contributed by atoms with Crippen molar-refractivity contribution in [3.8, 4) is 11.4 Å². The van der Waals surface area contributed by atoms with Gasteiger partial charge in [0.05, 0.1) is 33.5 Å². The highest BCUT2D eigenvalue weighted by molar-refractivity contribution is 6.33. The lowest BCUT2D eigenvalue weighted by Crippen LogP contribution is -2.09. The van der Waals surface area contributed by atoms with Crippen LogP contribution in [0.3, 0.4) is 0 Å². The summed E-state index contributed by atoms with van der Waals surface area (Å²) in [5.74, 6) is 0.258. The summed E-state index contributed by atoms with van der Waals surface area (Å²) >= 11 is 0. The molecule has 0 bridgehead atoms. The van der Waals surface area contributed by atoms with Crippen molar-refractivity contribution in [3.63, 3.8) is 0 Å². The highest BCUT2D eigenvalue weighted by Gasteiger charge is 2.22. The molecular formula is C53H36N4. The summed E-state index contributed by atoms with van der Waals surface area (Å²) in [5, 5.41) is 18.7. The first kappa shape index (κ1) is 32.8.